The molecule has 2 unspecified atom stereocenters. The number of carbonyl (C=O) groups excluding carboxylic acids is 1. The molecule has 7 nitrogen and oxygen atoms in total. The van der Waals surface area contributed by atoms with Gasteiger partial charge in [0.05, 0.1) is 11.7 Å². The van der Waals surface area contributed by atoms with E-state index in [0.717, 1.165) is 22.3 Å². The van der Waals surface area contributed by atoms with Crippen LogP contribution in [-0.4, -0.2) is 39.9 Å². The maximum absolute atomic E-state index is 13.4. The van der Waals surface area contributed by atoms with E-state index < -0.39 is 37.0 Å². The Balaban J connectivity index is 1.82. The number of carboxylic acid groups (broad SMARTS) is 1. The quantitative estimate of drug-likeness (QED) is 0.229. The summed E-state index contributed by atoms with van der Waals surface area (Å²) in [4.78, 5) is 36.1. The van der Waals surface area contributed by atoms with Crippen LogP contribution in [0.5, 0.6) is 0 Å². The van der Waals surface area contributed by atoms with Crippen molar-refractivity contribution in [2.75, 3.05) is 6.16 Å². The maximum Gasteiger partial charge on any atom is 0.326 e. The third-order valence-electron chi connectivity index (χ3n) is 6.52. The van der Waals surface area contributed by atoms with Gasteiger partial charge in [0, 0.05) is 6.16 Å². The molecule has 0 fully saturated rings. The van der Waals surface area contributed by atoms with E-state index in [-0.39, 0.29) is 31.3 Å². The van der Waals surface area contributed by atoms with E-state index in [9.17, 15) is 24.2 Å². The van der Waals surface area contributed by atoms with Crippen molar-refractivity contribution in [1.29, 1.82) is 0 Å². The standard InChI is InChI=1S/C30H37N2O5P/c1-21(2)17-27(30(34)35)32-29(33)26(20-38(36,37)28(31)19-22-9-5-3-6-10-22)18-23-13-15-25(16-14-23)24-11-7-4-8-12-24/h3-16,21,26-28H,17-20,31H2,1-2H3,(H,32,33)(H,34,35)(H,36,37)/t26-,27+,28?/m1/s1. The van der Waals surface area contributed by atoms with Crippen molar-refractivity contribution in [3.05, 3.63) is 96.1 Å². The van der Waals surface area contributed by atoms with Gasteiger partial charge in [-0.3, -0.25) is 9.36 Å². The van der Waals surface area contributed by atoms with E-state index in [1.54, 1.807) is 0 Å². The lowest BCUT2D eigenvalue weighted by Gasteiger charge is -2.26. The van der Waals surface area contributed by atoms with Gasteiger partial charge in [0.25, 0.3) is 0 Å². The average molecular weight is 537 g/mol. The number of carbonyl (C=O) groups is 2. The van der Waals surface area contributed by atoms with E-state index in [0.29, 0.717) is 0 Å². The van der Waals surface area contributed by atoms with Crippen LogP contribution in [0.25, 0.3) is 11.1 Å². The van der Waals surface area contributed by atoms with E-state index in [1.807, 2.05) is 98.8 Å². The average Bonchev–Trinajstić information content (AvgIpc) is 2.89. The van der Waals surface area contributed by atoms with Gasteiger partial charge in [0.2, 0.25) is 13.3 Å². The summed E-state index contributed by atoms with van der Waals surface area (Å²) in [5.74, 6) is -3.63. The lowest BCUT2D eigenvalue weighted by Crippen LogP contribution is -2.46. The fraction of sp³-hybridized carbons (Fsp3) is 0.333. The van der Waals surface area contributed by atoms with E-state index in [2.05, 4.69) is 5.32 Å². The van der Waals surface area contributed by atoms with Crippen molar-refractivity contribution in [2.45, 2.75) is 44.9 Å². The molecular formula is C30H37N2O5P. The summed E-state index contributed by atoms with van der Waals surface area (Å²) in [5.41, 5.74) is 9.88. The molecule has 0 aliphatic rings. The van der Waals surface area contributed by atoms with Crippen LogP contribution in [-0.2, 0) is 27.0 Å². The Morgan fingerprint density at radius 3 is 1.92 bits per heavy atom. The molecule has 0 aromatic heterocycles. The van der Waals surface area contributed by atoms with Gasteiger partial charge in [-0.25, -0.2) is 4.79 Å². The lowest BCUT2D eigenvalue weighted by molar-refractivity contribution is -0.142. The van der Waals surface area contributed by atoms with Gasteiger partial charge < -0.3 is 21.1 Å². The minimum Gasteiger partial charge on any atom is -0.480 e. The summed E-state index contributed by atoms with van der Waals surface area (Å²) in [6, 6.07) is 25.6. The Bertz CT molecular complexity index is 1230. The molecular weight excluding hydrogens is 499 g/mol. The predicted molar refractivity (Wildman–Crippen MR) is 151 cm³/mol. The van der Waals surface area contributed by atoms with Crippen molar-refractivity contribution in [3.8, 4) is 11.1 Å². The highest BCUT2D eigenvalue weighted by molar-refractivity contribution is 7.58. The second kappa shape index (κ2) is 13.5. The number of rotatable bonds is 13. The minimum atomic E-state index is -3.98. The number of benzene rings is 3. The Kier molecular flexibility index (Phi) is 10.4. The number of amides is 1. The van der Waals surface area contributed by atoms with Gasteiger partial charge in [-0.15, -0.1) is 0 Å². The first kappa shape index (κ1) is 29.3. The number of hydrogen-bond donors (Lipinski definition) is 4. The van der Waals surface area contributed by atoms with Crippen LogP contribution in [0.15, 0.2) is 84.9 Å². The van der Waals surface area contributed by atoms with Crippen molar-refractivity contribution < 1.29 is 24.2 Å². The van der Waals surface area contributed by atoms with Gasteiger partial charge in [-0.05, 0) is 47.4 Å². The summed E-state index contributed by atoms with van der Waals surface area (Å²) in [6.07, 6.45) is 0.280. The van der Waals surface area contributed by atoms with E-state index in [1.165, 1.54) is 0 Å². The van der Waals surface area contributed by atoms with E-state index in [4.69, 9.17) is 5.73 Å². The molecule has 3 rings (SSSR count). The summed E-state index contributed by atoms with van der Waals surface area (Å²) < 4.78 is 13.4. The fourth-order valence-corrected chi connectivity index (χ4v) is 6.11. The third kappa shape index (κ3) is 8.66. The SMILES string of the molecule is CC(C)C[C@H](NC(=O)[C@H](Cc1ccc(-c2ccccc2)cc1)CP(=O)(O)C(N)Cc1ccccc1)C(=O)O. The highest BCUT2D eigenvalue weighted by Gasteiger charge is 2.35. The second-order valence-corrected chi connectivity index (χ2v) is 12.7. The largest absolute Gasteiger partial charge is 0.480 e. The Morgan fingerprint density at radius 2 is 1.37 bits per heavy atom. The van der Waals surface area contributed by atoms with Gasteiger partial charge >= 0.3 is 5.97 Å². The summed E-state index contributed by atoms with van der Waals surface area (Å²) in [6.45, 7) is 3.75. The molecule has 38 heavy (non-hydrogen) atoms. The van der Waals surface area contributed by atoms with Crippen LogP contribution in [0.1, 0.15) is 31.4 Å². The molecule has 0 bridgehead atoms. The van der Waals surface area contributed by atoms with Crippen molar-refractivity contribution >= 4 is 19.2 Å². The molecule has 0 aliphatic heterocycles. The first-order chi connectivity index (χ1) is 18.0. The summed E-state index contributed by atoms with van der Waals surface area (Å²) in [7, 11) is -3.98. The van der Waals surface area contributed by atoms with Crippen molar-refractivity contribution in [2.24, 2.45) is 17.6 Å². The Morgan fingerprint density at radius 1 is 0.842 bits per heavy atom. The normalized spacial score (nSPS) is 15.3. The number of nitrogens with two attached hydrogens (primary N) is 1. The zero-order valence-electron chi connectivity index (χ0n) is 21.9. The molecule has 4 atom stereocenters. The number of aliphatic carboxylic acids is 1. The number of nitrogens with one attached hydrogen (secondary N) is 1. The Labute approximate surface area is 224 Å². The molecule has 202 valence electrons. The molecule has 0 saturated carbocycles. The molecule has 0 heterocycles. The molecule has 5 N–H and O–H groups in total. The smallest absolute Gasteiger partial charge is 0.326 e. The van der Waals surface area contributed by atoms with Crippen LogP contribution < -0.4 is 11.1 Å². The van der Waals surface area contributed by atoms with Crippen LogP contribution in [0.4, 0.5) is 0 Å². The molecule has 0 spiro atoms. The molecule has 0 saturated heterocycles. The third-order valence-corrected chi connectivity index (χ3v) is 8.71. The molecule has 3 aromatic carbocycles. The monoisotopic (exact) mass is 536 g/mol. The molecule has 0 radical (unpaired) electrons. The zero-order chi connectivity index (χ0) is 27.7. The summed E-state index contributed by atoms with van der Waals surface area (Å²) in [5, 5.41) is 12.2. The van der Waals surface area contributed by atoms with Gasteiger partial charge in [-0.1, -0.05) is 98.8 Å². The van der Waals surface area contributed by atoms with Crippen molar-refractivity contribution in [1.82, 2.24) is 5.32 Å². The predicted octanol–water partition coefficient (Wildman–Crippen LogP) is 4.93. The Hall–Kier alpha value is -3.25. The zero-order valence-corrected chi connectivity index (χ0v) is 22.8. The topological polar surface area (TPSA) is 130 Å². The second-order valence-electron chi connectivity index (χ2n) is 10.2. The van der Waals surface area contributed by atoms with Crippen LogP contribution in [0.3, 0.4) is 0 Å². The van der Waals surface area contributed by atoms with E-state index >= 15 is 0 Å². The lowest BCUT2D eigenvalue weighted by atomic mass is 9.96. The van der Waals surface area contributed by atoms with Gasteiger partial charge in [-0.2, -0.15) is 0 Å². The first-order valence-corrected chi connectivity index (χ1v) is 14.7. The first-order valence-electron chi connectivity index (χ1n) is 12.8. The molecule has 3 aromatic rings. The molecule has 8 heteroatoms. The molecule has 1 amide bonds. The molecule has 0 aliphatic carbocycles. The van der Waals surface area contributed by atoms with Crippen LogP contribution in [0, 0.1) is 11.8 Å². The van der Waals surface area contributed by atoms with Crippen molar-refractivity contribution in [3.63, 3.8) is 0 Å². The fourth-order valence-electron chi connectivity index (χ4n) is 4.42. The number of carboxylic acids is 1. The van der Waals surface area contributed by atoms with Gasteiger partial charge in [0.1, 0.15) is 6.04 Å². The number of hydrogen-bond acceptors (Lipinski definition) is 4. The van der Waals surface area contributed by atoms with Gasteiger partial charge in [0.15, 0.2) is 0 Å². The highest BCUT2D eigenvalue weighted by atomic mass is 31.2. The maximum atomic E-state index is 13.4. The highest BCUT2D eigenvalue weighted by Crippen LogP contribution is 2.47. The summed E-state index contributed by atoms with van der Waals surface area (Å²) >= 11 is 0. The van der Waals surface area contributed by atoms with Crippen LogP contribution in [0.2, 0.25) is 0 Å². The minimum absolute atomic E-state index is 0.0450. The van der Waals surface area contributed by atoms with Crippen LogP contribution >= 0.6 is 7.37 Å².